The molecule has 0 aliphatic rings. The first-order chi connectivity index (χ1) is 6.79. The summed E-state index contributed by atoms with van der Waals surface area (Å²) >= 11 is 0. The van der Waals surface area contributed by atoms with Crippen molar-refractivity contribution in [3.8, 4) is 12.3 Å². The van der Waals surface area contributed by atoms with E-state index in [2.05, 4.69) is 10.9 Å². The maximum atomic E-state index is 9.51. The molecule has 0 fully saturated rings. The molecule has 3 nitrogen and oxygen atoms in total. The van der Waals surface area contributed by atoms with Gasteiger partial charge in [0.1, 0.15) is 12.2 Å². The van der Waals surface area contributed by atoms with E-state index in [9.17, 15) is 5.11 Å². The summed E-state index contributed by atoms with van der Waals surface area (Å²) in [7, 11) is 0. The highest BCUT2D eigenvalue weighted by Crippen LogP contribution is 2.19. The first-order valence-corrected chi connectivity index (χ1v) is 4.45. The quantitative estimate of drug-likeness (QED) is 0.726. The Labute approximate surface area is 83.7 Å². The van der Waals surface area contributed by atoms with Crippen molar-refractivity contribution in [3.05, 3.63) is 30.1 Å². The molecule has 0 spiro atoms. The van der Waals surface area contributed by atoms with Crippen LogP contribution in [0.4, 0.5) is 0 Å². The van der Waals surface area contributed by atoms with Gasteiger partial charge in [0.2, 0.25) is 0 Å². The Morgan fingerprint density at radius 1 is 1.71 bits per heavy atom. The Balaban J connectivity index is 2.84. The summed E-state index contributed by atoms with van der Waals surface area (Å²) in [6, 6.07) is 3.61. The Hall–Kier alpha value is -1.37. The van der Waals surface area contributed by atoms with E-state index in [0.29, 0.717) is 6.61 Å². The molecule has 0 aliphatic heterocycles. The number of aliphatic hydroxyl groups excluding tert-OH is 1. The molecule has 0 radical (unpaired) electrons. The maximum absolute atomic E-state index is 9.51. The molecular weight excluding hydrogens is 178 g/mol. The third-order valence-corrected chi connectivity index (χ3v) is 1.82. The van der Waals surface area contributed by atoms with E-state index in [4.69, 9.17) is 11.2 Å². The average molecular weight is 191 g/mol. The van der Waals surface area contributed by atoms with Crippen molar-refractivity contribution in [1.82, 2.24) is 4.98 Å². The lowest BCUT2D eigenvalue weighted by Crippen LogP contribution is -2.19. The van der Waals surface area contributed by atoms with Crippen molar-refractivity contribution in [3.63, 3.8) is 0 Å². The molecule has 14 heavy (non-hydrogen) atoms. The van der Waals surface area contributed by atoms with Gasteiger partial charge in [0.15, 0.2) is 0 Å². The zero-order valence-electron chi connectivity index (χ0n) is 8.05. The van der Waals surface area contributed by atoms with E-state index in [1.165, 1.54) is 0 Å². The Bertz CT molecular complexity index is 305. The van der Waals surface area contributed by atoms with Gasteiger partial charge in [-0.2, -0.15) is 0 Å². The van der Waals surface area contributed by atoms with Crippen LogP contribution in [0.1, 0.15) is 18.6 Å². The molecule has 2 atom stereocenters. The molecule has 1 heterocycles. The number of pyridine rings is 1. The van der Waals surface area contributed by atoms with Gasteiger partial charge in [-0.15, -0.1) is 6.42 Å². The molecule has 0 aliphatic carbocycles. The Morgan fingerprint density at radius 2 is 2.50 bits per heavy atom. The summed E-state index contributed by atoms with van der Waals surface area (Å²) < 4.78 is 5.35. The van der Waals surface area contributed by atoms with Crippen LogP contribution < -0.4 is 0 Å². The summed E-state index contributed by atoms with van der Waals surface area (Å²) in [6.07, 6.45) is 7.02. The van der Waals surface area contributed by atoms with Crippen molar-refractivity contribution in [1.29, 1.82) is 0 Å². The summed E-state index contributed by atoms with van der Waals surface area (Å²) in [5.41, 5.74) is 0.791. The highest BCUT2D eigenvalue weighted by Gasteiger charge is 2.19. The van der Waals surface area contributed by atoms with Gasteiger partial charge >= 0.3 is 0 Å². The van der Waals surface area contributed by atoms with Crippen molar-refractivity contribution in [2.24, 2.45) is 0 Å². The van der Waals surface area contributed by atoms with E-state index in [1.807, 2.05) is 13.0 Å². The Kier molecular flexibility index (Phi) is 4.11. The van der Waals surface area contributed by atoms with E-state index in [1.54, 1.807) is 18.5 Å². The fourth-order valence-electron chi connectivity index (χ4n) is 1.18. The van der Waals surface area contributed by atoms with Crippen LogP contribution in [-0.4, -0.2) is 22.8 Å². The van der Waals surface area contributed by atoms with Gasteiger partial charge < -0.3 is 9.84 Å². The zero-order valence-corrected chi connectivity index (χ0v) is 8.05. The Morgan fingerprint density at radius 3 is 3.00 bits per heavy atom. The molecule has 3 heteroatoms. The second kappa shape index (κ2) is 5.38. The van der Waals surface area contributed by atoms with Gasteiger partial charge in [0.25, 0.3) is 0 Å². The number of ether oxygens (including phenoxy) is 1. The lowest BCUT2D eigenvalue weighted by atomic mass is 10.1. The van der Waals surface area contributed by atoms with Gasteiger partial charge in [-0.3, -0.25) is 4.98 Å². The van der Waals surface area contributed by atoms with Crippen LogP contribution >= 0.6 is 0 Å². The number of hydrogen-bond acceptors (Lipinski definition) is 3. The molecule has 1 rings (SSSR count). The first-order valence-electron chi connectivity index (χ1n) is 4.45. The number of terminal acetylenes is 1. The largest absolute Gasteiger partial charge is 0.377 e. The van der Waals surface area contributed by atoms with Crippen LogP contribution in [0.25, 0.3) is 0 Å². The highest BCUT2D eigenvalue weighted by atomic mass is 16.5. The molecular formula is C11H13NO2. The fourth-order valence-corrected chi connectivity index (χ4v) is 1.18. The molecule has 0 aromatic carbocycles. The number of nitrogens with zero attached hydrogens (tertiary/aromatic N) is 1. The number of aromatic nitrogens is 1. The van der Waals surface area contributed by atoms with Gasteiger partial charge in [0.05, 0.1) is 0 Å². The second-order valence-corrected chi connectivity index (χ2v) is 2.77. The van der Waals surface area contributed by atoms with Crippen LogP contribution in [-0.2, 0) is 4.74 Å². The molecule has 1 aromatic rings. The lowest BCUT2D eigenvalue weighted by Gasteiger charge is -2.18. The number of aliphatic hydroxyl groups is 1. The van der Waals surface area contributed by atoms with Crippen molar-refractivity contribution in [2.45, 2.75) is 19.1 Å². The molecule has 0 bridgehead atoms. The second-order valence-electron chi connectivity index (χ2n) is 2.77. The van der Waals surface area contributed by atoms with E-state index in [0.717, 1.165) is 5.56 Å². The third kappa shape index (κ3) is 2.56. The smallest absolute Gasteiger partial charge is 0.144 e. The first kappa shape index (κ1) is 10.7. The fraction of sp³-hybridized carbons (Fsp3) is 0.364. The highest BCUT2D eigenvalue weighted by molar-refractivity contribution is 5.17. The monoisotopic (exact) mass is 191 g/mol. The molecule has 0 saturated heterocycles. The van der Waals surface area contributed by atoms with Crippen LogP contribution in [0.5, 0.6) is 0 Å². The van der Waals surface area contributed by atoms with E-state index in [-0.39, 0.29) is 0 Å². The SMILES string of the molecule is C#CC(O)C(OCC)c1cccnc1. The summed E-state index contributed by atoms with van der Waals surface area (Å²) in [4.78, 5) is 3.94. The van der Waals surface area contributed by atoms with Gasteiger partial charge in [0, 0.05) is 24.6 Å². The number of hydrogen-bond donors (Lipinski definition) is 1. The predicted molar refractivity (Wildman–Crippen MR) is 53.4 cm³/mol. The average Bonchev–Trinajstić information content (AvgIpc) is 2.26. The minimum Gasteiger partial charge on any atom is -0.377 e. The summed E-state index contributed by atoms with van der Waals surface area (Å²) in [5, 5.41) is 9.51. The van der Waals surface area contributed by atoms with Crippen LogP contribution in [0.3, 0.4) is 0 Å². The van der Waals surface area contributed by atoms with Crippen LogP contribution in [0, 0.1) is 12.3 Å². The minimum absolute atomic E-state index is 0.487. The molecule has 0 saturated carbocycles. The molecule has 1 aromatic heterocycles. The normalized spacial score (nSPS) is 14.4. The van der Waals surface area contributed by atoms with Gasteiger partial charge in [-0.05, 0) is 13.0 Å². The molecule has 74 valence electrons. The zero-order chi connectivity index (χ0) is 10.4. The molecule has 0 amide bonds. The topological polar surface area (TPSA) is 42.4 Å². The van der Waals surface area contributed by atoms with Crippen molar-refractivity contribution in [2.75, 3.05) is 6.61 Å². The summed E-state index contributed by atoms with van der Waals surface area (Å²) in [5.74, 6) is 2.25. The minimum atomic E-state index is -0.931. The van der Waals surface area contributed by atoms with Crippen molar-refractivity contribution < 1.29 is 9.84 Å². The number of rotatable bonds is 4. The third-order valence-electron chi connectivity index (χ3n) is 1.82. The maximum Gasteiger partial charge on any atom is 0.144 e. The lowest BCUT2D eigenvalue weighted by molar-refractivity contribution is -0.00955. The van der Waals surface area contributed by atoms with Gasteiger partial charge in [-0.25, -0.2) is 0 Å². The van der Waals surface area contributed by atoms with Crippen LogP contribution in [0.15, 0.2) is 24.5 Å². The summed E-state index contributed by atoms with van der Waals surface area (Å²) in [6.45, 7) is 2.35. The van der Waals surface area contributed by atoms with E-state index >= 15 is 0 Å². The van der Waals surface area contributed by atoms with E-state index < -0.39 is 12.2 Å². The molecule has 2 unspecified atom stereocenters. The standard InChI is InChI=1S/C11H13NO2/c1-3-10(13)11(14-4-2)9-6-5-7-12-8-9/h1,5-8,10-11,13H,4H2,2H3. The van der Waals surface area contributed by atoms with Gasteiger partial charge in [-0.1, -0.05) is 12.0 Å². The van der Waals surface area contributed by atoms with Crippen molar-refractivity contribution >= 4 is 0 Å². The molecule has 1 N–H and O–H groups in total. The van der Waals surface area contributed by atoms with Crippen LogP contribution in [0.2, 0.25) is 0 Å². The predicted octanol–water partition coefficient (Wildman–Crippen LogP) is 1.15.